The van der Waals surface area contributed by atoms with Crippen molar-refractivity contribution in [1.29, 1.82) is 0 Å². The Labute approximate surface area is 140 Å². The molecule has 0 aromatic carbocycles. The molecule has 0 aromatic heterocycles. The molecular formula is C21H42O. The van der Waals surface area contributed by atoms with Crippen LogP contribution in [0, 0.1) is 0 Å². The van der Waals surface area contributed by atoms with E-state index >= 15 is 0 Å². The van der Waals surface area contributed by atoms with Gasteiger partial charge < -0.3 is 4.74 Å². The molecule has 0 aromatic rings. The maximum Gasteiger partial charge on any atom is 0.0466 e. The monoisotopic (exact) mass is 310 g/mol. The standard InChI is InChI=1S/C17H34.C4H8O/c1-3-5-7-9-11-13-15-17-16-14-12-10-8-6-4-2;1-2-4-5-3-1/h3H,1,4-17H2,2H3;1-4H2. The summed E-state index contributed by atoms with van der Waals surface area (Å²) in [5.74, 6) is 0. The summed E-state index contributed by atoms with van der Waals surface area (Å²) in [6.45, 7) is 8.04. The molecule has 0 N–H and O–H groups in total. The van der Waals surface area contributed by atoms with Gasteiger partial charge in [-0.2, -0.15) is 0 Å². The Morgan fingerprint density at radius 1 is 0.682 bits per heavy atom. The fourth-order valence-corrected chi connectivity index (χ4v) is 2.82. The maximum atomic E-state index is 4.94. The Morgan fingerprint density at radius 2 is 1.09 bits per heavy atom. The van der Waals surface area contributed by atoms with Gasteiger partial charge in [-0.05, 0) is 25.7 Å². The van der Waals surface area contributed by atoms with Gasteiger partial charge in [0.1, 0.15) is 0 Å². The number of unbranched alkanes of at least 4 members (excludes halogenated alkanes) is 13. The Morgan fingerprint density at radius 3 is 1.41 bits per heavy atom. The molecule has 1 saturated heterocycles. The molecule has 0 bridgehead atoms. The summed E-state index contributed by atoms with van der Waals surface area (Å²) in [4.78, 5) is 0. The Balaban J connectivity index is 0.000000734. The highest BCUT2D eigenvalue weighted by atomic mass is 16.5. The van der Waals surface area contributed by atoms with Gasteiger partial charge in [-0.3, -0.25) is 0 Å². The molecule has 0 spiro atoms. The smallest absolute Gasteiger partial charge is 0.0466 e. The molecule has 1 aliphatic rings. The molecule has 0 aliphatic carbocycles. The maximum absolute atomic E-state index is 4.94. The molecule has 0 saturated carbocycles. The molecule has 1 aliphatic heterocycles. The van der Waals surface area contributed by atoms with Gasteiger partial charge in [0, 0.05) is 13.2 Å². The first-order valence-corrected chi connectivity index (χ1v) is 10.1. The lowest BCUT2D eigenvalue weighted by molar-refractivity contribution is 0.198. The number of hydrogen-bond acceptors (Lipinski definition) is 1. The van der Waals surface area contributed by atoms with Gasteiger partial charge in [-0.25, -0.2) is 0 Å². The van der Waals surface area contributed by atoms with Gasteiger partial charge in [-0.15, -0.1) is 6.58 Å². The molecule has 0 unspecified atom stereocenters. The van der Waals surface area contributed by atoms with E-state index in [0.717, 1.165) is 13.2 Å². The topological polar surface area (TPSA) is 9.23 Å². The second-order valence-electron chi connectivity index (χ2n) is 6.64. The third-order valence-electron chi connectivity index (χ3n) is 4.34. The first-order valence-electron chi connectivity index (χ1n) is 10.1. The van der Waals surface area contributed by atoms with E-state index in [0.29, 0.717) is 0 Å². The largest absolute Gasteiger partial charge is 0.381 e. The molecule has 0 radical (unpaired) electrons. The summed E-state index contributed by atoms with van der Waals surface area (Å²) in [6.07, 6.45) is 24.5. The van der Waals surface area contributed by atoms with Gasteiger partial charge in [0.05, 0.1) is 0 Å². The lowest BCUT2D eigenvalue weighted by atomic mass is 10.0. The quantitative estimate of drug-likeness (QED) is 0.239. The highest BCUT2D eigenvalue weighted by Crippen LogP contribution is 2.12. The SMILES string of the molecule is C1CCOC1.C=CCCCCCCCCCCCCCCC. The van der Waals surface area contributed by atoms with E-state index < -0.39 is 0 Å². The van der Waals surface area contributed by atoms with Crippen molar-refractivity contribution in [3.05, 3.63) is 12.7 Å². The molecule has 1 rings (SSSR count). The molecule has 22 heavy (non-hydrogen) atoms. The van der Waals surface area contributed by atoms with Crippen molar-refractivity contribution in [2.24, 2.45) is 0 Å². The summed E-state index contributed by atoms with van der Waals surface area (Å²) in [5.41, 5.74) is 0. The molecule has 1 nitrogen and oxygen atoms in total. The van der Waals surface area contributed by atoms with Crippen molar-refractivity contribution in [3.8, 4) is 0 Å². The zero-order valence-corrected chi connectivity index (χ0v) is 15.4. The third-order valence-corrected chi connectivity index (χ3v) is 4.34. The van der Waals surface area contributed by atoms with Crippen molar-refractivity contribution in [3.63, 3.8) is 0 Å². The van der Waals surface area contributed by atoms with E-state index in [1.165, 1.54) is 103 Å². The van der Waals surface area contributed by atoms with Crippen molar-refractivity contribution < 1.29 is 4.74 Å². The van der Waals surface area contributed by atoms with Crippen molar-refractivity contribution in [2.45, 2.75) is 110 Å². The van der Waals surface area contributed by atoms with Crippen LogP contribution >= 0.6 is 0 Å². The van der Waals surface area contributed by atoms with Gasteiger partial charge in [0.25, 0.3) is 0 Å². The van der Waals surface area contributed by atoms with Crippen molar-refractivity contribution in [1.82, 2.24) is 0 Å². The van der Waals surface area contributed by atoms with Crippen LogP contribution in [0.3, 0.4) is 0 Å². The second kappa shape index (κ2) is 20.7. The predicted octanol–water partition coefficient (Wildman–Crippen LogP) is 7.45. The summed E-state index contributed by atoms with van der Waals surface area (Å²) in [5, 5.41) is 0. The molecule has 0 amide bonds. The minimum Gasteiger partial charge on any atom is -0.381 e. The van der Waals surface area contributed by atoms with E-state index in [1.54, 1.807) is 0 Å². The first-order chi connectivity index (χ1) is 10.9. The second-order valence-corrected chi connectivity index (χ2v) is 6.64. The molecule has 1 heteroatoms. The lowest BCUT2D eigenvalue weighted by Crippen LogP contribution is -1.82. The van der Waals surface area contributed by atoms with Crippen LogP contribution in [0.1, 0.15) is 110 Å². The normalized spacial score (nSPS) is 13.7. The Hall–Kier alpha value is -0.300. The number of allylic oxidation sites excluding steroid dienone is 1. The molecule has 0 atom stereocenters. The summed E-state index contributed by atoms with van der Waals surface area (Å²) in [7, 11) is 0. The van der Waals surface area contributed by atoms with Crippen LogP contribution in [-0.2, 0) is 4.74 Å². The van der Waals surface area contributed by atoms with Crippen LogP contribution in [0.2, 0.25) is 0 Å². The van der Waals surface area contributed by atoms with Crippen LogP contribution in [0.5, 0.6) is 0 Å². The van der Waals surface area contributed by atoms with Gasteiger partial charge in [0.2, 0.25) is 0 Å². The van der Waals surface area contributed by atoms with Gasteiger partial charge in [0.15, 0.2) is 0 Å². The highest BCUT2D eigenvalue weighted by Gasteiger charge is 1.95. The average Bonchev–Trinajstić information content (AvgIpc) is 3.12. The third kappa shape index (κ3) is 19.7. The summed E-state index contributed by atoms with van der Waals surface area (Å²) in [6, 6.07) is 0. The fourth-order valence-electron chi connectivity index (χ4n) is 2.82. The minimum absolute atomic E-state index is 1.00. The van der Waals surface area contributed by atoms with Crippen LogP contribution in [0.15, 0.2) is 12.7 Å². The minimum atomic E-state index is 1.00. The van der Waals surface area contributed by atoms with Crippen LogP contribution in [-0.4, -0.2) is 13.2 Å². The zero-order chi connectivity index (χ0) is 16.1. The van der Waals surface area contributed by atoms with E-state index in [9.17, 15) is 0 Å². The average molecular weight is 311 g/mol. The van der Waals surface area contributed by atoms with Gasteiger partial charge in [-0.1, -0.05) is 90.0 Å². The van der Waals surface area contributed by atoms with E-state index in [1.807, 2.05) is 6.08 Å². The molecule has 1 fully saturated rings. The first kappa shape index (κ1) is 21.7. The molecular weight excluding hydrogens is 268 g/mol. The Bertz CT molecular complexity index is 188. The van der Waals surface area contributed by atoms with Crippen LogP contribution < -0.4 is 0 Å². The summed E-state index contributed by atoms with van der Waals surface area (Å²) < 4.78 is 4.94. The van der Waals surface area contributed by atoms with Crippen LogP contribution in [0.4, 0.5) is 0 Å². The summed E-state index contributed by atoms with van der Waals surface area (Å²) >= 11 is 0. The number of hydrogen-bond donors (Lipinski definition) is 0. The Kier molecular flexibility index (Phi) is 20.4. The molecule has 1 heterocycles. The van der Waals surface area contributed by atoms with Crippen LogP contribution in [0.25, 0.3) is 0 Å². The number of rotatable bonds is 14. The lowest BCUT2D eigenvalue weighted by Gasteiger charge is -2.02. The number of ether oxygens (including phenoxy) is 1. The highest BCUT2D eigenvalue weighted by molar-refractivity contribution is 4.65. The zero-order valence-electron chi connectivity index (χ0n) is 15.4. The predicted molar refractivity (Wildman–Crippen MR) is 101 cm³/mol. The van der Waals surface area contributed by atoms with E-state index in [-0.39, 0.29) is 0 Å². The van der Waals surface area contributed by atoms with Crippen molar-refractivity contribution in [2.75, 3.05) is 13.2 Å². The van der Waals surface area contributed by atoms with Crippen molar-refractivity contribution >= 4 is 0 Å². The van der Waals surface area contributed by atoms with Gasteiger partial charge >= 0.3 is 0 Å². The van der Waals surface area contributed by atoms with E-state index in [2.05, 4.69) is 13.5 Å². The van der Waals surface area contributed by atoms with E-state index in [4.69, 9.17) is 4.74 Å². The fraction of sp³-hybridized carbons (Fsp3) is 0.905. The molecule has 132 valence electrons.